The largest absolute Gasteiger partial charge is 0.507 e. The molecule has 2 heteroatoms. The maximum absolute atomic E-state index is 9.53. The minimum Gasteiger partial charge on any atom is -0.507 e. The van der Waals surface area contributed by atoms with E-state index < -0.39 is 0 Å². The van der Waals surface area contributed by atoms with Gasteiger partial charge in [0.1, 0.15) is 5.76 Å². The first kappa shape index (κ1) is 12.3. The fourth-order valence-corrected chi connectivity index (χ4v) is 2.36. The summed E-state index contributed by atoms with van der Waals surface area (Å²) in [5, 5.41) is 9.53. The Hall–Kier alpha value is -0.790. The Morgan fingerprint density at radius 1 is 1.20 bits per heavy atom. The van der Waals surface area contributed by atoms with Crippen LogP contribution in [0.3, 0.4) is 0 Å². The molecule has 2 nitrogen and oxygen atoms in total. The Labute approximate surface area is 93.1 Å². The third kappa shape index (κ3) is 4.06. The van der Waals surface area contributed by atoms with Gasteiger partial charge in [-0.15, -0.1) is 0 Å². The van der Waals surface area contributed by atoms with Crippen molar-refractivity contribution in [3.63, 3.8) is 0 Å². The molecule has 1 N–H and O–H groups in total. The average Bonchev–Trinajstić information content (AvgIpc) is 2.14. The fraction of sp³-hybridized carbons (Fsp3) is 0.769. The monoisotopic (exact) mass is 209 g/mol. The summed E-state index contributed by atoms with van der Waals surface area (Å²) in [6.07, 6.45) is 8.88. The van der Waals surface area contributed by atoms with Crippen LogP contribution in [0.5, 0.6) is 0 Å². The lowest BCUT2D eigenvalue weighted by molar-refractivity contribution is 0.413. The molecule has 1 aliphatic rings. The number of nitrogens with zero attached hydrogens (tertiary/aromatic N) is 1. The second-order valence-electron chi connectivity index (χ2n) is 4.35. The minimum atomic E-state index is 0.183. The number of hydrogen-bond acceptors (Lipinski definition) is 2. The van der Waals surface area contributed by atoms with Gasteiger partial charge in [-0.25, -0.2) is 0 Å². The molecule has 1 rings (SSSR count). The van der Waals surface area contributed by atoms with Crippen molar-refractivity contribution in [2.75, 3.05) is 6.54 Å². The molecule has 0 unspecified atom stereocenters. The highest BCUT2D eigenvalue weighted by Gasteiger charge is 2.18. The Kier molecular flexibility index (Phi) is 5.44. The molecule has 86 valence electrons. The molecule has 1 fully saturated rings. The molecular formula is C13H23NO. The van der Waals surface area contributed by atoms with E-state index in [4.69, 9.17) is 0 Å². The maximum atomic E-state index is 9.53. The predicted molar refractivity (Wildman–Crippen MR) is 65.6 cm³/mol. The number of rotatable bonds is 3. The summed E-state index contributed by atoms with van der Waals surface area (Å²) in [7, 11) is 0. The van der Waals surface area contributed by atoms with Crippen LogP contribution in [0.1, 0.15) is 51.9 Å². The van der Waals surface area contributed by atoms with Crippen LogP contribution >= 0.6 is 0 Å². The third-order valence-electron chi connectivity index (χ3n) is 3.12. The molecule has 0 atom stereocenters. The number of aliphatic hydroxyl groups is 1. The highest BCUT2D eigenvalue weighted by Crippen LogP contribution is 2.25. The van der Waals surface area contributed by atoms with Crippen molar-refractivity contribution >= 4 is 5.71 Å². The van der Waals surface area contributed by atoms with E-state index in [0.717, 1.165) is 12.3 Å². The van der Waals surface area contributed by atoms with Crippen LogP contribution < -0.4 is 0 Å². The third-order valence-corrected chi connectivity index (χ3v) is 3.12. The van der Waals surface area contributed by atoms with Crippen LogP contribution in [0.2, 0.25) is 0 Å². The number of hydrogen-bond donors (Lipinski definition) is 1. The Morgan fingerprint density at radius 3 is 2.20 bits per heavy atom. The number of aliphatic imine (C=N–C) groups is 1. The van der Waals surface area contributed by atoms with Gasteiger partial charge in [-0.3, -0.25) is 4.99 Å². The quantitative estimate of drug-likeness (QED) is 0.555. The van der Waals surface area contributed by atoms with Crippen LogP contribution in [0.15, 0.2) is 17.3 Å². The zero-order valence-corrected chi connectivity index (χ0v) is 9.84. The van der Waals surface area contributed by atoms with Crippen LogP contribution in [0.4, 0.5) is 0 Å². The van der Waals surface area contributed by atoms with Crippen LogP contribution in [0.25, 0.3) is 0 Å². The number of aliphatic hydroxyl groups excluding tert-OH is 1. The first-order chi connectivity index (χ1) is 7.25. The fourth-order valence-electron chi connectivity index (χ4n) is 2.36. The highest BCUT2D eigenvalue weighted by atomic mass is 16.3. The van der Waals surface area contributed by atoms with Crippen molar-refractivity contribution in [3.05, 3.63) is 12.3 Å². The van der Waals surface area contributed by atoms with Crippen molar-refractivity contribution in [3.8, 4) is 0 Å². The van der Waals surface area contributed by atoms with Gasteiger partial charge in [0.2, 0.25) is 0 Å². The average molecular weight is 209 g/mol. The molecule has 0 bridgehead atoms. The van der Waals surface area contributed by atoms with Crippen LogP contribution in [-0.4, -0.2) is 17.4 Å². The Bertz CT molecular complexity index is 225. The molecule has 1 aliphatic carbocycles. The molecule has 0 aromatic heterocycles. The molecule has 0 heterocycles. The summed E-state index contributed by atoms with van der Waals surface area (Å²) in [6.45, 7) is 6.38. The zero-order chi connectivity index (χ0) is 11.1. The Balaban J connectivity index is 2.63. The normalized spacial score (nSPS) is 20.7. The van der Waals surface area contributed by atoms with Crippen LogP contribution in [0, 0.1) is 5.92 Å². The van der Waals surface area contributed by atoms with E-state index in [2.05, 4.69) is 11.6 Å². The molecule has 0 spiro atoms. The van der Waals surface area contributed by atoms with Gasteiger partial charge < -0.3 is 5.11 Å². The smallest absolute Gasteiger partial charge is 0.129 e. The lowest BCUT2D eigenvalue weighted by Gasteiger charge is -2.20. The SMILES string of the molecule is C=C(O)/C(=N\CC)C1CCCCCCC1. The van der Waals surface area contributed by atoms with Gasteiger partial charge in [0.15, 0.2) is 0 Å². The summed E-state index contributed by atoms with van der Waals surface area (Å²) in [4.78, 5) is 4.39. The molecule has 0 amide bonds. The molecule has 1 saturated carbocycles. The summed E-state index contributed by atoms with van der Waals surface area (Å²) >= 11 is 0. The van der Waals surface area contributed by atoms with Crippen molar-refractivity contribution in [2.24, 2.45) is 10.9 Å². The molecular weight excluding hydrogens is 186 g/mol. The van der Waals surface area contributed by atoms with E-state index in [1.54, 1.807) is 0 Å². The standard InChI is InChI=1S/C13H23NO/c1-3-14-13(11(2)15)12-9-7-5-4-6-8-10-12/h12,15H,2-10H2,1H3/b14-13+. The van der Waals surface area contributed by atoms with Gasteiger partial charge in [-0.05, 0) is 19.8 Å². The lowest BCUT2D eigenvalue weighted by Crippen LogP contribution is -2.18. The number of allylic oxidation sites excluding steroid dienone is 1. The second-order valence-corrected chi connectivity index (χ2v) is 4.35. The first-order valence-electron chi connectivity index (χ1n) is 6.18. The van der Waals surface area contributed by atoms with E-state index in [1.807, 2.05) is 6.92 Å². The topological polar surface area (TPSA) is 32.6 Å². The minimum absolute atomic E-state index is 0.183. The summed E-state index contributed by atoms with van der Waals surface area (Å²) in [5.41, 5.74) is 0.861. The predicted octanol–water partition coefficient (Wildman–Crippen LogP) is 3.88. The van der Waals surface area contributed by atoms with Crippen molar-refractivity contribution in [2.45, 2.75) is 51.9 Å². The van der Waals surface area contributed by atoms with Crippen LogP contribution in [-0.2, 0) is 0 Å². The summed E-state index contributed by atoms with van der Waals surface area (Å²) < 4.78 is 0. The summed E-state index contributed by atoms with van der Waals surface area (Å²) in [6, 6.07) is 0. The maximum Gasteiger partial charge on any atom is 0.129 e. The second kappa shape index (κ2) is 6.65. The van der Waals surface area contributed by atoms with E-state index in [-0.39, 0.29) is 5.76 Å². The molecule has 15 heavy (non-hydrogen) atoms. The Morgan fingerprint density at radius 2 is 1.73 bits per heavy atom. The van der Waals surface area contributed by atoms with Gasteiger partial charge in [0.05, 0.1) is 5.71 Å². The molecule has 0 aliphatic heterocycles. The summed E-state index contributed by atoms with van der Waals surface area (Å²) in [5.74, 6) is 0.630. The van der Waals surface area contributed by atoms with E-state index in [9.17, 15) is 5.11 Å². The van der Waals surface area contributed by atoms with Gasteiger partial charge in [-0.2, -0.15) is 0 Å². The van der Waals surface area contributed by atoms with E-state index >= 15 is 0 Å². The molecule has 0 aromatic carbocycles. The van der Waals surface area contributed by atoms with E-state index in [1.165, 1.54) is 44.9 Å². The van der Waals surface area contributed by atoms with Crippen molar-refractivity contribution in [1.29, 1.82) is 0 Å². The lowest BCUT2D eigenvalue weighted by atomic mass is 9.87. The van der Waals surface area contributed by atoms with Gasteiger partial charge in [0.25, 0.3) is 0 Å². The zero-order valence-electron chi connectivity index (χ0n) is 9.84. The molecule has 0 saturated heterocycles. The van der Waals surface area contributed by atoms with Gasteiger partial charge >= 0.3 is 0 Å². The highest BCUT2D eigenvalue weighted by molar-refractivity contribution is 5.99. The van der Waals surface area contributed by atoms with Gasteiger partial charge in [-0.1, -0.05) is 38.7 Å². The van der Waals surface area contributed by atoms with E-state index in [0.29, 0.717) is 5.92 Å². The molecule has 0 radical (unpaired) electrons. The van der Waals surface area contributed by atoms with Crippen molar-refractivity contribution in [1.82, 2.24) is 0 Å². The van der Waals surface area contributed by atoms with Crippen molar-refractivity contribution < 1.29 is 5.11 Å². The first-order valence-corrected chi connectivity index (χ1v) is 6.18. The van der Waals surface area contributed by atoms with Gasteiger partial charge in [0, 0.05) is 12.5 Å². The molecule has 0 aromatic rings.